The Labute approximate surface area is 69.8 Å². The molecule has 2 N–H and O–H groups in total. The summed E-state index contributed by atoms with van der Waals surface area (Å²) in [6, 6.07) is 0. The predicted octanol–water partition coefficient (Wildman–Crippen LogP) is 1.21. The molecule has 2 heteroatoms. The first-order valence-electron chi connectivity index (χ1n) is 6.02. The van der Waals surface area contributed by atoms with E-state index in [1.165, 1.54) is 0 Å². The summed E-state index contributed by atoms with van der Waals surface area (Å²) >= 11 is 0. The quantitative estimate of drug-likeness (QED) is 0.610. The van der Waals surface area contributed by atoms with E-state index in [2.05, 4.69) is 5.32 Å². The highest BCUT2D eigenvalue weighted by molar-refractivity contribution is 5.12. The highest BCUT2D eigenvalue weighted by Crippen LogP contribution is 2.08. The van der Waals surface area contributed by atoms with Crippen LogP contribution in [-0.2, 0) is 0 Å². The van der Waals surface area contributed by atoms with E-state index in [0.717, 1.165) is 0 Å². The summed E-state index contributed by atoms with van der Waals surface area (Å²) in [6.07, 6.45) is 1.07. The van der Waals surface area contributed by atoms with Crippen LogP contribution in [0.2, 0.25) is 1.41 Å². The van der Waals surface area contributed by atoms with Crippen LogP contribution in [0.15, 0.2) is 11.4 Å². The molecule has 0 fully saturated rings. The van der Waals surface area contributed by atoms with Gasteiger partial charge in [-0.1, -0.05) is 13.8 Å². The maximum absolute atomic E-state index is 7.64. The van der Waals surface area contributed by atoms with E-state index < -0.39 is 13.0 Å². The molecule has 0 amide bonds. The van der Waals surface area contributed by atoms with Crippen molar-refractivity contribution in [1.82, 2.24) is 10.6 Å². The third kappa shape index (κ3) is 1.43. The van der Waals surface area contributed by atoms with Gasteiger partial charge in [0.15, 0.2) is 1.41 Å². The van der Waals surface area contributed by atoms with Crippen LogP contribution in [0.4, 0.5) is 0 Å². The Morgan fingerprint density at radius 1 is 1.40 bits per heavy atom. The summed E-state index contributed by atoms with van der Waals surface area (Å²) in [5.41, 5.74) is 1.12. The van der Waals surface area contributed by atoms with E-state index in [1.54, 1.807) is 0 Å². The SMILES string of the molecule is [2H]N1C(CC)=C(CC)NC([2H])([2H])C1([2H])[2H]. The molecule has 0 unspecified atom stereocenters. The zero-order valence-electron chi connectivity index (χ0n) is 11.4. The molecule has 0 saturated carbocycles. The maximum Gasteiger partial charge on any atom is 0.160 e. The Hall–Kier alpha value is -0.660. The Morgan fingerprint density at radius 2 is 2.10 bits per heavy atom. The van der Waals surface area contributed by atoms with Gasteiger partial charge in [-0.25, -0.2) is 0 Å². The normalized spacial score (nSPS) is 36.6. The number of hydrogen-bond donors (Lipinski definition) is 2. The fourth-order valence-electron chi connectivity index (χ4n) is 0.923. The smallest absolute Gasteiger partial charge is 0.160 e. The fourth-order valence-corrected chi connectivity index (χ4v) is 0.923. The Kier molecular flexibility index (Phi) is 1.10. The van der Waals surface area contributed by atoms with E-state index in [0.29, 0.717) is 29.5 Å². The van der Waals surface area contributed by atoms with Crippen LogP contribution >= 0.6 is 0 Å². The number of allylic oxidation sites excluding steroid dienone is 2. The van der Waals surface area contributed by atoms with Crippen molar-refractivity contribution in [3.8, 4) is 0 Å². The molecule has 0 atom stereocenters. The zero-order chi connectivity index (χ0) is 11.9. The highest BCUT2D eigenvalue weighted by atomic mass is 15.0. The molecule has 58 valence electrons. The molecule has 1 heterocycles. The average molecular weight is 145 g/mol. The summed E-state index contributed by atoms with van der Waals surface area (Å²) in [5.74, 6) is 0. The molecular formula is C8H16N2. The van der Waals surface area contributed by atoms with Crippen LogP contribution < -0.4 is 10.6 Å². The Balaban J connectivity index is 3.20. The van der Waals surface area contributed by atoms with Crippen molar-refractivity contribution in [3.63, 3.8) is 0 Å². The van der Waals surface area contributed by atoms with Gasteiger partial charge in [0.2, 0.25) is 0 Å². The molecular weight excluding hydrogens is 124 g/mol. The van der Waals surface area contributed by atoms with Crippen LogP contribution in [0.25, 0.3) is 0 Å². The van der Waals surface area contributed by atoms with E-state index in [9.17, 15) is 0 Å². The summed E-state index contributed by atoms with van der Waals surface area (Å²) < 4.78 is 37.9. The molecule has 0 aromatic heterocycles. The monoisotopic (exact) mass is 145 g/mol. The molecule has 0 aromatic carbocycles. The Morgan fingerprint density at radius 3 is 2.70 bits per heavy atom. The largest absolute Gasteiger partial charge is 0.385 e. The predicted molar refractivity (Wildman–Crippen MR) is 43.6 cm³/mol. The Bertz CT molecular complexity index is 287. The lowest BCUT2D eigenvalue weighted by molar-refractivity contribution is 0.613. The van der Waals surface area contributed by atoms with Gasteiger partial charge in [0.1, 0.15) is 0 Å². The van der Waals surface area contributed by atoms with Crippen LogP contribution in [0, 0.1) is 0 Å². The van der Waals surface area contributed by atoms with E-state index in [1.807, 2.05) is 13.8 Å². The van der Waals surface area contributed by atoms with Gasteiger partial charge >= 0.3 is 0 Å². The van der Waals surface area contributed by atoms with Crippen LogP contribution in [0.5, 0.6) is 0 Å². The molecule has 1 aliphatic heterocycles. The minimum atomic E-state index is -2.35. The van der Waals surface area contributed by atoms with Gasteiger partial charge in [0.05, 0.1) is 5.48 Å². The molecule has 0 spiro atoms. The first-order valence-corrected chi connectivity index (χ1v) is 3.57. The van der Waals surface area contributed by atoms with Gasteiger partial charge in [0, 0.05) is 24.4 Å². The lowest BCUT2D eigenvalue weighted by atomic mass is 10.2. The third-order valence-electron chi connectivity index (χ3n) is 1.50. The zero-order valence-corrected chi connectivity index (χ0v) is 6.36. The second-order valence-electron chi connectivity index (χ2n) is 2.11. The average Bonchev–Trinajstić information content (AvgIpc) is 2.14. The van der Waals surface area contributed by atoms with Gasteiger partial charge in [0.25, 0.3) is 0 Å². The van der Waals surface area contributed by atoms with Gasteiger partial charge in [-0.3, -0.25) is 0 Å². The van der Waals surface area contributed by atoms with Crippen molar-refractivity contribution >= 4 is 0 Å². The molecule has 0 radical (unpaired) electrons. The molecule has 0 saturated heterocycles. The van der Waals surface area contributed by atoms with Crippen LogP contribution in [0.3, 0.4) is 0 Å². The van der Waals surface area contributed by atoms with Crippen molar-refractivity contribution in [2.24, 2.45) is 0 Å². The number of nitrogens with one attached hydrogen (secondary N) is 2. The minimum absolute atomic E-state index is 0.509. The second-order valence-corrected chi connectivity index (χ2v) is 2.11. The highest BCUT2D eigenvalue weighted by Gasteiger charge is 2.06. The van der Waals surface area contributed by atoms with Crippen molar-refractivity contribution < 1.29 is 6.89 Å². The van der Waals surface area contributed by atoms with Gasteiger partial charge in [-0.05, 0) is 12.8 Å². The summed E-state index contributed by atoms with van der Waals surface area (Å²) in [7, 11) is 0. The summed E-state index contributed by atoms with van der Waals surface area (Å²) in [5, 5.41) is 3.20. The molecule has 2 nitrogen and oxygen atoms in total. The van der Waals surface area contributed by atoms with Crippen molar-refractivity contribution in [3.05, 3.63) is 11.4 Å². The number of rotatable bonds is 2. The second kappa shape index (κ2) is 3.49. The lowest BCUT2D eigenvalue weighted by Gasteiger charge is -2.22. The summed E-state index contributed by atoms with van der Waals surface area (Å²) in [6.45, 7) is -0.913. The van der Waals surface area contributed by atoms with E-state index >= 15 is 0 Å². The van der Waals surface area contributed by atoms with E-state index in [-0.39, 0.29) is 0 Å². The lowest BCUT2D eigenvalue weighted by Crippen LogP contribution is -2.34. The standard InChI is InChI=1S/C8H16N2/c1-3-7-8(4-2)10-6-5-9-7/h9-10H,3-6H2,1-2H3/i5D2,6D2/hD. The molecule has 0 aliphatic carbocycles. The fraction of sp³-hybridized carbons (Fsp3) is 0.750. The third-order valence-corrected chi connectivity index (χ3v) is 1.50. The van der Waals surface area contributed by atoms with Gasteiger partial charge < -0.3 is 10.6 Å². The molecule has 1 rings (SSSR count). The molecule has 1 aliphatic rings. The number of hydrogen-bond acceptors (Lipinski definition) is 2. The first kappa shape index (κ1) is 3.16. The van der Waals surface area contributed by atoms with Crippen molar-refractivity contribution in [2.75, 3.05) is 13.0 Å². The topological polar surface area (TPSA) is 24.1 Å². The van der Waals surface area contributed by atoms with Gasteiger partial charge in [-0.2, -0.15) is 0 Å². The van der Waals surface area contributed by atoms with E-state index in [4.69, 9.17) is 6.89 Å². The van der Waals surface area contributed by atoms with Crippen LogP contribution in [-0.4, -0.2) is 13.0 Å². The van der Waals surface area contributed by atoms with Crippen LogP contribution in [0.1, 0.15) is 32.2 Å². The molecule has 0 bridgehead atoms. The summed E-state index contributed by atoms with van der Waals surface area (Å²) in [4.78, 5) is 0. The minimum Gasteiger partial charge on any atom is -0.385 e. The molecule has 0 aromatic rings. The van der Waals surface area contributed by atoms with Gasteiger partial charge in [-0.15, -0.1) is 0 Å². The maximum atomic E-state index is 7.64. The van der Waals surface area contributed by atoms with Crippen molar-refractivity contribution in [2.45, 2.75) is 26.7 Å². The van der Waals surface area contributed by atoms with Crippen molar-refractivity contribution in [1.29, 1.82) is 0 Å². The first-order chi connectivity index (χ1) is 6.78. The molecule has 10 heavy (non-hydrogen) atoms.